The smallest absolute Gasteiger partial charge is 0.305 e. The SMILES string of the molecule is CCCCCCCCCCCCCCCCC/C=C/C(O)C(CO)NC(=O)CCCCCCCCCCCCCCCCCCCCCOC(=O)CCCCCCCCCCCCCCCCC. The second-order valence-corrected chi connectivity index (χ2v) is 21.4. The molecule has 0 radical (unpaired) electrons. The molecule has 2 atom stereocenters. The molecule has 0 spiro atoms. The van der Waals surface area contributed by atoms with Gasteiger partial charge in [-0.15, -0.1) is 0 Å². The Balaban J connectivity index is 3.41. The highest BCUT2D eigenvalue weighted by atomic mass is 16.5. The first-order valence-corrected chi connectivity index (χ1v) is 31.0. The molecule has 1 amide bonds. The third kappa shape index (κ3) is 53.9. The normalized spacial score (nSPS) is 12.6. The van der Waals surface area contributed by atoms with E-state index in [1.54, 1.807) is 6.08 Å². The fraction of sp³-hybridized carbons (Fsp3) is 0.935. The first kappa shape index (κ1) is 66.6. The van der Waals surface area contributed by atoms with Gasteiger partial charge in [-0.3, -0.25) is 9.59 Å². The van der Waals surface area contributed by atoms with E-state index in [4.69, 9.17) is 4.74 Å². The van der Waals surface area contributed by atoms with Gasteiger partial charge in [-0.25, -0.2) is 0 Å². The molecule has 0 rings (SSSR count). The molecule has 404 valence electrons. The Morgan fingerprint density at radius 3 is 1.00 bits per heavy atom. The molecule has 0 aliphatic carbocycles. The molecular formula is C62H121NO5. The summed E-state index contributed by atoms with van der Waals surface area (Å²) in [5.74, 6) is -0.0559. The Morgan fingerprint density at radius 2 is 0.676 bits per heavy atom. The minimum atomic E-state index is -0.846. The minimum absolute atomic E-state index is 0.0119. The van der Waals surface area contributed by atoms with Crippen molar-refractivity contribution in [3.8, 4) is 0 Å². The van der Waals surface area contributed by atoms with Crippen LogP contribution in [0.15, 0.2) is 12.2 Å². The van der Waals surface area contributed by atoms with Crippen molar-refractivity contribution in [1.82, 2.24) is 5.32 Å². The quantitative estimate of drug-likeness (QED) is 0.0321. The number of hydrogen-bond donors (Lipinski definition) is 3. The Hall–Kier alpha value is -1.40. The first-order chi connectivity index (χ1) is 33.5. The number of rotatable bonds is 58. The highest BCUT2D eigenvalue weighted by Crippen LogP contribution is 2.18. The third-order valence-corrected chi connectivity index (χ3v) is 14.6. The molecular weight excluding hydrogens is 839 g/mol. The molecule has 0 aromatic rings. The van der Waals surface area contributed by atoms with Crippen LogP contribution in [0, 0.1) is 0 Å². The molecule has 6 nitrogen and oxygen atoms in total. The lowest BCUT2D eigenvalue weighted by Crippen LogP contribution is -2.45. The van der Waals surface area contributed by atoms with Crippen molar-refractivity contribution < 1.29 is 24.5 Å². The molecule has 0 aromatic heterocycles. The second kappa shape index (κ2) is 58.2. The summed E-state index contributed by atoms with van der Waals surface area (Å²) >= 11 is 0. The molecule has 0 saturated carbocycles. The van der Waals surface area contributed by atoms with E-state index in [-0.39, 0.29) is 18.5 Å². The average Bonchev–Trinajstić information content (AvgIpc) is 3.34. The van der Waals surface area contributed by atoms with Crippen LogP contribution >= 0.6 is 0 Å². The zero-order chi connectivity index (χ0) is 49.3. The molecule has 0 aliphatic heterocycles. The van der Waals surface area contributed by atoms with Crippen LogP contribution in [0.25, 0.3) is 0 Å². The summed E-state index contributed by atoms with van der Waals surface area (Å²) in [5.41, 5.74) is 0. The fourth-order valence-corrected chi connectivity index (χ4v) is 9.81. The summed E-state index contributed by atoms with van der Waals surface area (Å²) in [4.78, 5) is 24.5. The lowest BCUT2D eigenvalue weighted by Gasteiger charge is -2.20. The van der Waals surface area contributed by atoms with Gasteiger partial charge in [0.2, 0.25) is 5.91 Å². The lowest BCUT2D eigenvalue weighted by molar-refractivity contribution is -0.143. The van der Waals surface area contributed by atoms with Crippen LogP contribution in [-0.4, -0.2) is 47.4 Å². The van der Waals surface area contributed by atoms with Gasteiger partial charge < -0.3 is 20.3 Å². The maximum atomic E-state index is 12.5. The van der Waals surface area contributed by atoms with Gasteiger partial charge in [-0.2, -0.15) is 0 Å². The molecule has 0 bridgehead atoms. The monoisotopic (exact) mass is 960 g/mol. The Kier molecular flexibility index (Phi) is 57.0. The predicted octanol–water partition coefficient (Wildman–Crippen LogP) is 19.2. The fourth-order valence-electron chi connectivity index (χ4n) is 9.81. The Labute approximate surface area is 425 Å². The number of hydrogen-bond acceptors (Lipinski definition) is 5. The van der Waals surface area contributed by atoms with Crippen LogP contribution in [0.1, 0.15) is 348 Å². The molecule has 0 aliphatic rings. The van der Waals surface area contributed by atoms with Crippen LogP contribution in [0.4, 0.5) is 0 Å². The van der Waals surface area contributed by atoms with Crippen molar-refractivity contribution in [2.75, 3.05) is 13.2 Å². The molecule has 2 unspecified atom stereocenters. The second-order valence-electron chi connectivity index (χ2n) is 21.4. The lowest BCUT2D eigenvalue weighted by atomic mass is 10.0. The van der Waals surface area contributed by atoms with Gasteiger partial charge in [0.1, 0.15) is 0 Å². The third-order valence-electron chi connectivity index (χ3n) is 14.6. The van der Waals surface area contributed by atoms with E-state index in [1.807, 2.05) is 6.08 Å². The largest absolute Gasteiger partial charge is 0.466 e. The molecule has 0 aromatic carbocycles. The van der Waals surface area contributed by atoms with Gasteiger partial charge in [-0.1, -0.05) is 315 Å². The number of ether oxygens (including phenoxy) is 1. The van der Waals surface area contributed by atoms with Crippen LogP contribution < -0.4 is 5.32 Å². The van der Waals surface area contributed by atoms with Gasteiger partial charge in [-0.05, 0) is 32.1 Å². The number of allylic oxidation sites excluding steroid dienone is 1. The molecule has 68 heavy (non-hydrogen) atoms. The van der Waals surface area contributed by atoms with E-state index in [1.165, 1.54) is 283 Å². The van der Waals surface area contributed by atoms with E-state index in [0.717, 1.165) is 38.5 Å². The predicted molar refractivity (Wildman–Crippen MR) is 297 cm³/mol. The maximum Gasteiger partial charge on any atom is 0.305 e. The molecule has 0 heterocycles. The maximum absolute atomic E-state index is 12.5. The standard InChI is InChI=1S/C62H121NO5/c1-3-5-7-9-11-13-15-17-19-23-27-30-34-38-42-46-50-54-60(65)59(58-64)63-61(66)55-51-47-43-39-35-31-28-24-21-20-22-25-29-33-37-41-45-49-53-57-68-62(67)56-52-48-44-40-36-32-26-18-16-14-12-10-8-6-4-2/h50,54,59-60,64-65H,3-49,51-53,55-58H2,1-2H3,(H,63,66)/b54-50+. The highest BCUT2D eigenvalue weighted by molar-refractivity contribution is 5.76. The molecule has 3 N–H and O–H groups in total. The van der Waals surface area contributed by atoms with Crippen LogP contribution in [0.5, 0.6) is 0 Å². The van der Waals surface area contributed by atoms with E-state index >= 15 is 0 Å². The van der Waals surface area contributed by atoms with E-state index in [9.17, 15) is 19.8 Å². The molecule has 0 saturated heterocycles. The van der Waals surface area contributed by atoms with Crippen molar-refractivity contribution in [3.05, 3.63) is 12.2 Å². The summed E-state index contributed by atoms with van der Waals surface area (Å²) < 4.78 is 5.49. The summed E-state index contributed by atoms with van der Waals surface area (Å²) in [6, 6.07) is -0.629. The zero-order valence-corrected chi connectivity index (χ0v) is 46.1. The average molecular weight is 961 g/mol. The van der Waals surface area contributed by atoms with Gasteiger partial charge in [0.15, 0.2) is 0 Å². The number of nitrogens with one attached hydrogen (secondary N) is 1. The number of unbranched alkanes of at least 4 members (excludes halogenated alkanes) is 47. The van der Waals surface area contributed by atoms with Gasteiger partial charge >= 0.3 is 5.97 Å². The van der Waals surface area contributed by atoms with Crippen LogP contribution in [0.3, 0.4) is 0 Å². The van der Waals surface area contributed by atoms with Crippen molar-refractivity contribution in [1.29, 1.82) is 0 Å². The van der Waals surface area contributed by atoms with Gasteiger partial charge in [0, 0.05) is 12.8 Å². The summed E-state index contributed by atoms with van der Waals surface area (Å²) in [6.07, 6.45) is 69.6. The Bertz CT molecular complexity index is 1020. The number of aliphatic hydroxyl groups is 2. The van der Waals surface area contributed by atoms with Crippen LogP contribution in [-0.2, 0) is 14.3 Å². The number of carbonyl (C=O) groups excluding carboxylic acids is 2. The molecule has 0 fully saturated rings. The molecule has 6 heteroatoms. The van der Waals surface area contributed by atoms with E-state index < -0.39 is 12.1 Å². The van der Waals surface area contributed by atoms with Crippen molar-refractivity contribution >= 4 is 11.9 Å². The summed E-state index contributed by atoms with van der Waals surface area (Å²) in [5, 5.41) is 23.2. The highest BCUT2D eigenvalue weighted by Gasteiger charge is 2.18. The summed E-state index contributed by atoms with van der Waals surface area (Å²) in [7, 11) is 0. The van der Waals surface area contributed by atoms with Gasteiger partial charge in [0.05, 0.1) is 25.4 Å². The van der Waals surface area contributed by atoms with Crippen LogP contribution in [0.2, 0.25) is 0 Å². The first-order valence-electron chi connectivity index (χ1n) is 31.0. The number of esters is 1. The Morgan fingerprint density at radius 1 is 0.397 bits per heavy atom. The minimum Gasteiger partial charge on any atom is -0.466 e. The number of carbonyl (C=O) groups is 2. The number of amides is 1. The topological polar surface area (TPSA) is 95.9 Å². The van der Waals surface area contributed by atoms with Gasteiger partial charge in [0.25, 0.3) is 0 Å². The van der Waals surface area contributed by atoms with E-state index in [2.05, 4.69) is 19.2 Å². The zero-order valence-electron chi connectivity index (χ0n) is 46.1. The van der Waals surface area contributed by atoms with Crippen molar-refractivity contribution in [2.45, 2.75) is 360 Å². The summed E-state index contributed by atoms with van der Waals surface area (Å²) in [6.45, 7) is 4.93. The van der Waals surface area contributed by atoms with Crippen molar-refractivity contribution in [2.24, 2.45) is 0 Å². The van der Waals surface area contributed by atoms with Crippen molar-refractivity contribution in [3.63, 3.8) is 0 Å². The number of aliphatic hydroxyl groups excluding tert-OH is 2. The van der Waals surface area contributed by atoms with E-state index in [0.29, 0.717) is 19.4 Å².